The highest BCUT2D eigenvalue weighted by atomic mass is 32.2. The zero-order valence-corrected chi connectivity index (χ0v) is 14.2. The van der Waals surface area contributed by atoms with E-state index in [1.54, 1.807) is 11.8 Å². The largest absolute Gasteiger partial charge is 0.477 e. The molecule has 4 nitrogen and oxygen atoms in total. The van der Waals surface area contributed by atoms with E-state index in [1.165, 1.54) is 34.4 Å². The second-order valence-corrected chi connectivity index (χ2v) is 8.34. The second-order valence-electron chi connectivity index (χ2n) is 4.04. The van der Waals surface area contributed by atoms with Gasteiger partial charge in [0.2, 0.25) is 0 Å². The first-order chi connectivity index (χ1) is 10.2. The predicted molar refractivity (Wildman–Crippen MR) is 90.0 cm³/mol. The van der Waals surface area contributed by atoms with Crippen LogP contribution in [0.15, 0.2) is 32.9 Å². The molecule has 0 bridgehead atoms. The van der Waals surface area contributed by atoms with Crippen LogP contribution in [-0.2, 0) is 5.75 Å². The van der Waals surface area contributed by atoms with Crippen LogP contribution in [-0.4, -0.2) is 27.5 Å². The van der Waals surface area contributed by atoms with Gasteiger partial charge >= 0.3 is 5.97 Å². The molecule has 8 heteroatoms. The molecular weight excluding hydrogens is 344 g/mol. The molecule has 0 aliphatic heterocycles. The summed E-state index contributed by atoms with van der Waals surface area (Å²) in [6.07, 6.45) is 1.96. The molecule has 0 radical (unpaired) electrons. The molecule has 0 spiro atoms. The first-order valence-electron chi connectivity index (χ1n) is 5.93. The Labute approximate surface area is 137 Å². The van der Waals surface area contributed by atoms with Gasteiger partial charge in [-0.05, 0) is 23.3 Å². The predicted octanol–water partition coefficient (Wildman–Crippen LogP) is 4.47. The Bertz CT molecular complexity index is 796. The number of carbonyl (C=O) groups is 1. The lowest BCUT2D eigenvalue weighted by molar-refractivity contribution is 0.0701. The van der Waals surface area contributed by atoms with Gasteiger partial charge in [0, 0.05) is 10.5 Å². The Kier molecular flexibility index (Phi) is 4.48. The van der Waals surface area contributed by atoms with Crippen LogP contribution in [0.2, 0.25) is 0 Å². The van der Waals surface area contributed by atoms with Crippen LogP contribution in [0.25, 0.3) is 10.1 Å². The van der Waals surface area contributed by atoms with E-state index in [2.05, 4.69) is 10.2 Å². The monoisotopic (exact) mass is 354 g/mol. The van der Waals surface area contributed by atoms with E-state index in [1.807, 2.05) is 30.5 Å². The van der Waals surface area contributed by atoms with Crippen molar-refractivity contribution in [2.75, 3.05) is 6.26 Å². The van der Waals surface area contributed by atoms with Crippen molar-refractivity contribution < 1.29 is 9.90 Å². The fourth-order valence-corrected chi connectivity index (χ4v) is 5.52. The molecule has 0 saturated heterocycles. The molecule has 0 saturated carbocycles. The maximum Gasteiger partial charge on any atom is 0.346 e. The van der Waals surface area contributed by atoms with E-state index >= 15 is 0 Å². The highest BCUT2D eigenvalue weighted by Crippen LogP contribution is 2.37. The Morgan fingerprint density at radius 2 is 2.00 bits per heavy atom. The Hall–Kier alpha value is -1.09. The summed E-state index contributed by atoms with van der Waals surface area (Å²) in [6.45, 7) is 0. The fraction of sp³-hybridized carbons (Fsp3) is 0.154. The van der Waals surface area contributed by atoms with E-state index < -0.39 is 5.97 Å². The summed E-state index contributed by atoms with van der Waals surface area (Å²) in [6, 6.07) is 7.79. The number of rotatable bonds is 5. The van der Waals surface area contributed by atoms with E-state index in [9.17, 15) is 9.90 Å². The molecule has 21 heavy (non-hydrogen) atoms. The highest BCUT2D eigenvalue weighted by molar-refractivity contribution is 8.02. The van der Waals surface area contributed by atoms with Crippen molar-refractivity contribution in [1.82, 2.24) is 10.2 Å². The van der Waals surface area contributed by atoms with Crippen LogP contribution in [0, 0.1) is 0 Å². The number of benzene rings is 1. The summed E-state index contributed by atoms with van der Waals surface area (Å²) in [7, 11) is 0. The third-order valence-corrected chi connectivity index (χ3v) is 7.05. The summed E-state index contributed by atoms with van der Waals surface area (Å²) in [5.74, 6) is -0.275. The topological polar surface area (TPSA) is 63.1 Å². The van der Waals surface area contributed by atoms with Gasteiger partial charge in [0.1, 0.15) is 4.88 Å². The van der Waals surface area contributed by atoms with Crippen molar-refractivity contribution in [3.63, 3.8) is 0 Å². The van der Waals surface area contributed by atoms with Crippen LogP contribution < -0.4 is 0 Å². The minimum absolute atomic E-state index is 0.415. The van der Waals surface area contributed by atoms with Gasteiger partial charge in [-0.2, -0.15) is 0 Å². The number of hydrogen-bond acceptors (Lipinski definition) is 7. The van der Waals surface area contributed by atoms with E-state index in [0.717, 1.165) is 24.3 Å². The third kappa shape index (κ3) is 3.08. The Morgan fingerprint density at radius 3 is 2.71 bits per heavy atom. The molecule has 3 rings (SSSR count). The average molecular weight is 355 g/mol. The van der Waals surface area contributed by atoms with E-state index in [0.29, 0.717) is 10.6 Å². The van der Waals surface area contributed by atoms with Gasteiger partial charge in [-0.25, -0.2) is 4.79 Å². The molecule has 1 aromatic carbocycles. The fourth-order valence-electron chi connectivity index (χ4n) is 1.89. The quantitative estimate of drug-likeness (QED) is 0.682. The van der Waals surface area contributed by atoms with Gasteiger partial charge in [-0.3, -0.25) is 0 Å². The first kappa shape index (κ1) is 14.8. The molecule has 0 amide bonds. The lowest BCUT2D eigenvalue weighted by Crippen LogP contribution is -1.96. The molecule has 0 aliphatic rings. The number of aromatic nitrogens is 2. The summed E-state index contributed by atoms with van der Waals surface area (Å²) >= 11 is 5.96. The normalized spacial score (nSPS) is 11.1. The SMILES string of the molecule is CSc1nnc(SCc2c(C(=O)O)sc3ccccc23)s1. The van der Waals surface area contributed by atoms with Crippen molar-refractivity contribution in [2.45, 2.75) is 14.4 Å². The number of carboxylic acids is 1. The van der Waals surface area contributed by atoms with Crippen LogP contribution in [0.4, 0.5) is 0 Å². The number of fused-ring (bicyclic) bond motifs is 1. The van der Waals surface area contributed by atoms with Crippen molar-refractivity contribution in [3.05, 3.63) is 34.7 Å². The third-order valence-electron chi connectivity index (χ3n) is 2.80. The molecule has 1 N–H and O–H groups in total. The van der Waals surface area contributed by atoms with Gasteiger partial charge in [0.05, 0.1) is 0 Å². The number of thiophene rings is 1. The Morgan fingerprint density at radius 1 is 1.24 bits per heavy atom. The van der Waals surface area contributed by atoms with Crippen LogP contribution in [0.1, 0.15) is 15.2 Å². The molecule has 2 aromatic heterocycles. The van der Waals surface area contributed by atoms with Crippen LogP contribution in [0.3, 0.4) is 0 Å². The van der Waals surface area contributed by atoms with Gasteiger partial charge in [-0.15, -0.1) is 21.5 Å². The lowest BCUT2D eigenvalue weighted by atomic mass is 10.1. The van der Waals surface area contributed by atoms with E-state index in [4.69, 9.17) is 0 Å². The number of aromatic carboxylic acids is 1. The molecule has 2 heterocycles. The number of nitrogens with zero attached hydrogens (tertiary/aromatic N) is 2. The zero-order chi connectivity index (χ0) is 14.8. The van der Waals surface area contributed by atoms with Gasteiger partial charge in [-0.1, -0.05) is 53.1 Å². The number of carboxylic acid groups (broad SMARTS) is 1. The second kappa shape index (κ2) is 6.35. The van der Waals surface area contributed by atoms with Crippen molar-refractivity contribution >= 4 is 62.3 Å². The summed E-state index contributed by atoms with van der Waals surface area (Å²) in [5, 5.41) is 18.6. The lowest BCUT2D eigenvalue weighted by Gasteiger charge is -1.99. The standard InChI is InChI=1S/C13H10N2O2S4/c1-18-12-14-15-13(21-12)19-6-8-7-4-2-3-5-9(7)20-10(8)11(16)17/h2-5H,6H2,1H3,(H,16,17). The number of thioether (sulfide) groups is 2. The van der Waals surface area contributed by atoms with Crippen LogP contribution >= 0.6 is 46.2 Å². The van der Waals surface area contributed by atoms with E-state index in [-0.39, 0.29) is 0 Å². The maximum atomic E-state index is 11.4. The first-order valence-corrected chi connectivity index (χ1v) is 9.77. The number of hydrogen-bond donors (Lipinski definition) is 1. The summed E-state index contributed by atoms with van der Waals surface area (Å²) in [4.78, 5) is 11.8. The molecule has 0 aliphatic carbocycles. The minimum Gasteiger partial charge on any atom is -0.477 e. The smallest absolute Gasteiger partial charge is 0.346 e. The average Bonchev–Trinajstić information content (AvgIpc) is 3.09. The molecular formula is C13H10N2O2S4. The molecule has 0 unspecified atom stereocenters. The Balaban J connectivity index is 1.91. The highest BCUT2D eigenvalue weighted by Gasteiger charge is 2.18. The molecule has 0 fully saturated rings. The molecule has 3 aromatic rings. The van der Waals surface area contributed by atoms with Gasteiger partial charge in [0.25, 0.3) is 0 Å². The molecule has 0 atom stereocenters. The van der Waals surface area contributed by atoms with Gasteiger partial charge < -0.3 is 5.11 Å². The van der Waals surface area contributed by atoms with Gasteiger partial charge in [0.15, 0.2) is 8.68 Å². The maximum absolute atomic E-state index is 11.4. The zero-order valence-electron chi connectivity index (χ0n) is 10.9. The van der Waals surface area contributed by atoms with Crippen molar-refractivity contribution in [3.8, 4) is 0 Å². The van der Waals surface area contributed by atoms with Crippen molar-refractivity contribution in [2.24, 2.45) is 0 Å². The minimum atomic E-state index is -0.867. The summed E-state index contributed by atoms with van der Waals surface area (Å²) < 4.78 is 2.80. The van der Waals surface area contributed by atoms with Crippen molar-refractivity contribution in [1.29, 1.82) is 0 Å². The summed E-state index contributed by atoms with van der Waals surface area (Å²) in [5.41, 5.74) is 0.869. The molecule has 108 valence electrons. The van der Waals surface area contributed by atoms with Crippen LogP contribution in [0.5, 0.6) is 0 Å².